The average Bonchev–Trinajstić information content (AvgIpc) is 3.24. The fraction of sp³-hybridized carbons (Fsp3) is 0.381. The second kappa shape index (κ2) is 6.94. The molecule has 0 spiro atoms. The van der Waals surface area contributed by atoms with Crippen molar-refractivity contribution in [2.45, 2.75) is 37.8 Å². The van der Waals surface area contributed by atoms with E-state index in [-0.39, 0.29) is 6.04 Å². The highest BCUT2D eigenvalue weighted by atomic mass is 32.1. The standard InChI is InChI=1S/C21H24N2S/c24-21(22-19-14-15-11-12-18(19)13-15)23-20(16-7-3-1-4-8-16)17-9-5-2-6-10-17/h1-10,15,18-20H,11-14H2,(H2,22,23,24)/t15-,18-,19+/m0/s1. The summed E-state index contributed by atoms with van der Waals surface area (Å²) >= 11 is 5.66. The molecule has 0 radical (unpaired) electrons. The van der Waals surface area contributed by atoms with Crippen molar-refractivity contribution in [3.8, 4) is 0 Å². The molecule has 4 rings (SSSR count). The van der Waals surface area contributed by atoms with Crippen LogP contribution in [0.25, 0.3) is 0 Å². The van der Waals surface area contributed by atoms with Crippen molar-refractivity contribution >= 4 is 17.3 Å². The maximum absolute atomic E-state index is 5.66. The third kappa shape index (κ3) is 3.32. The lowest BCUT2D eigenvalue weighted by atomic mass is 9.95. The summed E-state index contributed by atoms with van der Waals surface area (Å²) in [6, 6.07) is 21.7. The number of rotatable bonds is 4. The van der Waals surface area contributed by atoms with Gasteiger partial charge < -0.3 is 10.6 Å². The molecule has 0 amide bonds. The predicted molar refractivity (Wildman–Crippen MR) is 103 cm³/mol. The molecule has 0 heterocycles. The minimum atomic E-state index is 0.0889. The molecule has 2 saturated carbocycles. The van der Waals surface area contributed by atoms with E-state index in [1.165, 1.54) is 36.8 Å². The van der Waals surface area contributed by atoms with E-state index in [1.807, 2.05) is 0 Å². The molecule has 2 aromatic rings. The summed E-state index contributed by atoms with van der Waals surface area (Å²) in [5.41, 5.74) is 2.47. The summed E-state index contributed by atoms with van der Waals surface area (Å²) in [6.07, 6.45) is 5.46. The maximum Gasteiger partial charge on any atom is 0.167 e. The molecule has 124 valence electrons. The molecular formula is C21H24N2S. The van der Waals surface area contributed by atoms with Crippen molar-refractivity contribution in [2.75, 3.05) is 0 Å². The quantitative estimate of drug-likeness (QED) is 0.808. The van der Waals surface area contributed by atoms with E-state index >= 15 is 0 Å². The Labute approximate surface area is 149 Å². The van der Waals surface area contributed by atoms with Gasteiger partial charge in [0.15, 0.2) is 5.11 Å². The molecule has 2 N–H and O–H groups in total. The van der Waals surface area contributed by atoms with Gasteiger partial charge in [0.05, 0.1) is 6.04 Å². The van der Waals surface area contributed by atoms with Gasteiger partial charge >= 0.3 is 0 Å². The molecule has 3 heteroatoms. The minimum absolute atomic E-state index is 0.0889. The molecule has 0 aliphatic heterocycles. The van der Waals surface area contributed by atoms with Crippen LogP contribution in [0.3, 0.4) is 0 Å². The number of hydrogen-bond acceptors (Lipinski definition) is 1. The van der Waals surface area contributed by atoms with Crippen molar-refractivity contribution in [2.24, 2.45) is 11.8 Å². The molecule has 3 atom stereocenters. The molecule has 2 aliphatic rings. The van der Waals surface area contributed by atoms with Gasteiger partial charge in [-0.3, -0.25) is 0 Å². The third-order valence-electron chi connectivity index (χ3n) is 5.60. The topological polar surface area (TPSA) is 24.1 Å². The van der Waals surface area contributed by atoms with Gasteiger partial charge in [-0.2, -0.15) is 0 Å². The summed E-state index contributed by atoms with van der Waals surface area (Å²) in [4.78, 5) is 0. The van der Waals surface area contributed by atoms with Crippen LogP contribution in [0.15, 0.2) is 60.7 Å². The number of fused-ring (bicyclic) bond motifs is 2. The zero-order valence-electron chi connectivity index (χ0n) is 13.8. The molecule has 2 fully saturated rings. The predicted octanol–water partition coefficient (Wildman–Crippen LogP) is 4.43. The van der Waals surface area contributed by atoms with Gasteiger partial charge in [0, 0.05) is 6.04 Å². The van der Waals surface area contributed by atoms with E-state index in [2.05, 4.69) is 71.3 Å². The van der Waals surface area contributed by atoms with Crippen molar-refractivity contribution in [3.63, 3.8) is 0 Å². The van der Waals surface area contributed by atoms with Crippen LogP contribution in [-0.2, 0) is 0 Å². The maximum atomic E-state index is 5.66. The summed E-state index contributed by atoms with van der Waals surface area (Å²) in [5, 5.41) is 7.94. The first-order chi connectivity index (χ1) is 11.8. The zero-order valence-corrected chi connectivity index (χ0v) is 14.6. The van der Waals surface area contributed by atoms with Crippen LogP contribution in [-0.4, -0.2) is 11.2 Å². The lowest BCUT2D eigenvalue weighted by molar-refractivity contribution is 0.388. The van der Waals surface area contributed by atoms with Crippen LogP contribution in [0, 0.1) is 11.8 Å². The molecule has 0 aromatic heterocycles. The first kappa shape index (κ1) is 15.6. The second-order valence-corrected chi connectivity index (χ2v) is 7.56. The van der Waals surface area contributed by atoms with Gasteiger partial charge in [-0.25, -0.2) is 0 Å². The SMILES string of the molecule is S=C(NC(c1ccccc1)c1ccccc1)N[C@@H]1C[C@H]2CC[C@H]1C2. The lowest BCUT2D eigenvalue weighted by Crippen LogP contribution is -2.45. The van der Waals surface area contributed by atoms with Crippen LogP contribution in [0.2, 0.25) is 0 Å². The Hall–Kier alpha value is -1.87. The number of benzene rings is 2. The summed E-state index contributed by atoms with van der Waals surface area (Å²) in [5.74, 6) is 1.75. The summed E-state index contributed by atoms with van der Waals surface area (Å²) in [7, 11) is 0. The lowest BCUT2D eigenvalue weighted by Gasteiger charge is -2.27. The monoisotopic (exact) mass is 336 g/mol. The highest BCUT2D eigenvalue weighted by Gasteiger charge is 2.39. The van der Waals surface area contributed by atoms with E-state index in [4.69, 9.17) is 12.2 Å². The Morgan fingerprint density at radius 1 is 0.875 bits per heavy atom. The zero-order chi connectivity index (χ0) is 16.4. The smallest absolute Gasteiger partial charge is 0.167 e. The van der Waals surface area contributed by atoms with E-state index in [9.17, 15) is 0 Å². The van der Waals surface area contributed by atoms with E-state index in [0.29, 0.717) is 6.04 Å². The van der Waals surface area contributed by atoms with Crippen LogP contribution in [0.4, 0.5) is 0 Å². The Morgan fingerprint density at radius 3 is 2.00 bits per heavy atom. The number of nitrogens with one attached hydrogen (secondary N) is 2. The van der Waals surface area contributed by atoms with Crippen molar-refractivity contribution in [1.82, 2.24) is 10.6 Å². The van der Waals surface area contributed by atoms with Crippen LogP contribution < -0.4 is 10.6 Å². The molecule has 2 aromatic carbocycles. The van der Waals surface area contributed by atoms with Gasteiger partial charge in [-0.1, -0.05) is 67.1 Å². The Balaban J connectivity index is 1.48. The fourth-order valence-electron chi connectivity index (χ4n) is 4.41. The molecule has 2 bridgehead atoms. The number of thiocarbonyl (C=S) groups is 1. The van der Waals surface area contributed by atoms with Gasteiger partial charge in [-0.15, -0.1) is 0 Å². The first-order valence-electron chi connectivity index (χ1n) is 8.96. The summed E-state index contributed by atoms with van der Waals surface area (Å²) in [6.45, 7) is 0. The van der Waals surface area contributed by atoms with Gasteiger partial charge in [-0.05, 0) is 54.4 Å². The van der Waals surface area contributed by atoms with Crippen LogP contribution in [0.5, 0.6) is 0 Å². The average molecular weight is 337 g/mol. The van der Waals surface area contributed by atoms with Gasteiger partial charge in [0.25, 0.3) is 0 Å². The molecule has 0 saturated heterocycles. The Bertz CT molecular complexity index is 646. The number of hydrogen-bond donors (Lipinski definition) is 2. The minimum Gasteiger partial charge on any atom is -0.360 e. The first-order valence-corrected chi connectivity index (χ1v) is 9.37. The largest absolute Gasteiger partial charge is 0.360 e. The summed E-state index contributed by atoms with van der Waals surface area (Å²) < 4.78 is 0. The second-order valence-electron chi connectivity index (χ2n) is 7.15. The van der Waals surface area contributed by atoms with Crippen molar-refractivity contribution in [1.29, 1.82) is 0 Å². The molecular weight excluding hydrogens is 312 g/mol. The molecule has 0 unspecified atom stereocenters. The third-order valence-corrected chi connectivity index (χ3v) is 5.83. The van der Waals surface area contributed by atoms with E-state index in [0.717, 1.165) is 16.9 Å². The van der Waals surface area contributed by atoms with Crippen LogP contribution >= 0.6 is 12.2 Å². The van der Waals surface area contributed by atoms with Gasteiger partial charge in [0.1, 0.15) is 0 Å². The molecule has 2 nitrogen and oxygen atoms in total. The van der Waals surface area contributed by atoms with Gasteiger partial charge in [0.2, 0.25) is 0 Å². The molecule has 2 aliphatic carbocycles. The normalized spacial score (nSPS) is 25.0. The molecule has 24 heavy (non-hydrogen) atoms. The highest BCUT2D eigenvalue weighted by molar-refractivity contribution is 7.80. The highest BCUT2D eigenvalue weighted by Crippen LogP contribution is 2.44. The van der Waals surface area contributed by atoms with Crippen LogP contribution in [0.1, 0.15) is 42.9 Å². The Morgan fingerprint density at radius 2 is 1.50 bits per heavy atom. The van der Waals surface area contributed by atoms with E-state index in [1.54, 1.807) is 0 Å². The van der Waals surface area contributed by atoms with Crippen molar-refractivity contribution < 1.29 is 0 Å². The van der Waals surface area contributed by atoms with Crippen molar-refractivity contribution in [3.05, 3.63) is 71.8 Å². The Kier molecular flexibility index (Phi) is 4.52. The fourth-order valence-corrected chi connectivity index (χ4v) is 4.68. The van der Waals surface area contributed by atoms with E-state index < -0.39 is 0 Å².